The van der Waals surface area contributed by atoms with Crippen molar-refractivity contribution in [3.8, 4) is 0 Å². The Morgan fingerprint density at radius 3 is 2.40 bits per heavy atom. The Labute approximate surface area is 303 Å². The number of hydrogen-bond donors (Lipinski definition) is 6. The number of nitrogens with one attached hydrogen (secondary N) is 4. The van der Waals surface area contributed by atoms with Crippen molar-refractivity contribution in [1.29, 1.82) is 0 Å². The first-order valence-corrected chi connectivity index (χ1v) is 18.5. The van der Waals surface area contributed by atoms with E-state index in [-0.39, 0.29) is 24.1 Å². The third-order valence-corrected chi connectivity index (χ3v) is 10.8. The summed E-state index contributed by atoms with van der Waals surface area (Å²) in [5.41, 5.74) is 15.4. The second-order valence-electron chi connectivity index (χ2n) is 12.9. The molecule has 0 radical (unpaired) electrons. The number of nitrogens with zero attached hydrogens (tertiary/aromatic N) is 1. The number of carbonyl (C=O) groups is 3. The summed E-state index contributed by atoms with van der Waals surface area (Å²) in [5.74, 6) is -0.929. The molecule has 8 N–H and O–H groups in total. The molecular formula is C38H48ClN7O3S. The Morgan fingerprint density at radius 1 is 0.860 bits per heavy atom. The van der Waals surface area contributed by atoms with Gasteiger partial charge >= 0.3 is 0 Å². The topological polar surface area (TPSA) is 158 Å². The number of amides is 3. The molecule has 1 aliphatic rings. The Morgan fingerprint density at radius 2 is 1.60 bits per heavy atom. The number of unbranched alkanes of at least 4 members (excludes halogenated alkanes) is 1. The molecule has 0 saturated carbocycles. The normalized spacial score (nSPS) is 20.9. The number of carbonyl (C=O) groups excluding carboxylic acids is 3. The van der Waals surface area contributed by atoms with Gasteiger partial charge in [0.1, 0.15) is 12.1 Å². The van der Waals surface area contributed by atoms with Crippen LogP contribution >= 0.6 is 23.4 Å². The first-order valence-electron chi connectivity index (χ1n) is 17.3. The average Bonchev–Trinajstić information content (AvgIpc) is 3.53. The van der Waals surface area contributed by atoms with Gasteiger partial charge in [0.05, 0.1) is 12.1 Å². The van der Waals surface area contributed by atoms with Gasteiger partial charge < -0.3 is 37.3 Å². The van der Waals surface area contributed by atoms with Gasteiger partial charge in [0.25, 0.3) is 0 Å². The number of likely N-dealkylation sites (N-methyl/N-ethyl adjacent to an activating group) is 1. The van der Waals surface area contributed by atoms with Crippen LogP contribution in [-0.2, 0) is 27.3 Å². The number of aromatic nitrogens is 1. The highest BCUT2D eigenvalue weighted by molar-refractivity contribution is 7.99. The molecule has 0 aliphatic carbocycles. The van der Waals surface area contributed by atoms with Gasteiger partial charge in [-0.15, -0.1) is 0 Å². The van der Waals surface area contributed by atoms with Crippen LogP contribution in [0, 0.1) is 0 Å². The maximum atomic E-state index is 14.4. The monoisotopic (exact) mass is 717 g/mol. The van der Waals surface area contributed by atoms with Crippen LogP contribution in [0.25, 0.3) is 10.9 Å². The molecule has 0 fully saturated rings. The summed E-state index contributed by atoms with van der Waals surface area (Å²) in [6.45, 7) is 3.26. The van der Waals surface area contributed by atoms with E-state index in [0.717, 1.165) is 37.4 Å². The van der Waals surface area contributed by atoms with E-state index in [1.165, 1.54) is 4.90 Å². The molecule has 4 unspecified atom stereocenters. The van der Waals surface area contributed by atoms with E-state index < -0.39 is 24.2 Å². The lowest BCUT2D eigenvalue weighted by atomic mass is 10.00. The van der Waals surface area contributed by atoms with Crippen molar-refractivity contribution in [2.24, 2.45) is 11.5 Å². The highest BCUT2D eigenvalue weighted by Crippen LogP contribution is 2.37. The number of nitrogens with two attached hydrogens (primary N) is 2. The highest BCUT2D eigenvalue weighted by Gasteiger charge is 2.34. The molecule has 0 spiro atoms. The van der Waals surface area contributed by atoms with E-state index in [0.29, 0.717) is 56.8 Å². The van der Waals surface area contributed by atoms with Crippen molar-refractivity contribution >= 4 is 52.0 Å². The minimum Gasteiger partial charge on any atom is -0.361 e. The highest BCUT2D eigenvalue weighted by atomic mass is 35.5. The molecule has 5 rings (SSSR count). The van der Waals surface area contributed by atoms with E-state index in [2.05, 4.69) is 20.9 Å². The number of para-hydroxylation sites is 1. The van der Waals surface area contributed by atoms with Crippen LogP contribution in [0.1, 0.15) is 61.8 Å². The number of halogens is 1. The van der Waals surface area contributed by atoms with Crippen LogP contribution < -0.4 is 27.4 Å². The van der Waals surface area contributed by atoms with E-state index in [1.54, 1.807) is 18.8 Å². The van der Waals surface area contributed by atoms with Gasteiger partial charge in [-0.3, -0.25) is 14.4 Å². The van der Waals surface area contributed by atoms with Crippen molar-refractivity contribution in [3.05, 3.63) is 94.6 Å². The SMILES string of the molecule is CC1NC(=O)C(Cc2c[nH]c3ccccc23)N(C)C(=O)C(CCCCN)NC(=O)C(CCCN)NCc2ccccc2Sc2ccc(Cl)cc21. The fourth-order valence-corrected chi connectivity index (χ4v) is 7.75. The molecule has 1 aromatic heterocycles. The molecule has 0 bridgehead atoms. The first-order chi connectivity index (χ1) is 24.2. The van der Waals surface area contributed by atoms with Gasteiger partial charge in [0.2, 0.25) is 17.7 Å². The second kappa shape index (κ2) is 17.9. The number of rotatable bonds is 9. The molecule has 3 aromatic carbocycles. The zero-order valence-corrected chi connectivity index (χ0v) is 30.3. The Kier molecular flexibility index (Phi) is 13.4. The molecule has 4 atom stereocenters. The van der Waals surface area contributed by atoms with Crippen molar-refractivity contribution < 1.29 is 14.4 Å². The summed E-state index contributed by atoms with van der Waals surface area (Å²) in [7, 11) is 1.64. The summed E-state index contributed by atoms with van der Waals surface area (Å²) in [6.07, 6.45) is 5.01. The van der Waals surface area contributed by atoms with Crippen molar-refractivity contribution in [2.45, 2.75) is 86.0 Å². The molecular weight excluding hydrogens is 670 g/mol. The van der Waals surface area contributed by atoms with Crippen LogP contribution in [0.5, 0.6) is 0 Å². The van der Waals surface area contributed by atoms with Crippen LogP contribution in [0.15, 0.2) is 82.7 Å². The maximum Gasteiger partial charge on any atom is 0.245 e. The Hall–Kier alpha value is -3.87. The number of H-pyrrole nitrogens is 1. The molecule has 10 nitrogen and oxygen atoms in total. The Balaban J connectivity index is 1.58. The third kappa shape index (κ3) is 9.26. The molecule has 2 heterocycles. The maximum absolute atomic E-state index is 14.4. The van der Waals surface area contributed by atoms with Gasteiger partial charge in [0.15, 0.2) is 0 Å². The molecule has 4 aromatic rings. The molecule has 3 amide bonds. The standard InChI is InChI=1S/C38H48ClN7O3S/c1-24-29-21-27(39)16-17-35(29)50-34-15-6-3-10-25(34)22-43-31(14-9-19-41)36(47)45-32(13-7-8-18-40)38(49)46(2)33(37(48)44-24)20-26-23-42-30-12-5-4-11-28(26)30/h3-6,10-12,15-17,21,23-24,31-33,42-43H,7-9,13-14,18-20,22,40-41H2,1-2H3,(H,44,48)(H,45,47). The van der Waals surface area contributed by atoms with E-state index >= 15 is 0 Å². The second-order valence-corrected chi connectivity index (χ2v) is 14.4. The quantitative estimate of drug-likeness (QED) is 0.132. The Bertz CT molecular complexity index is 1780. The minimum absolute atomic E-state index is 0.263. The van der Waals surface area contributed by atoms with E-state index in [9.17, 15) is 14.4 Å². The van der Waals surface area contributed by atoms with E-state index in [4.69, 9.17) is 23.1 Å². The average molecular weight is 718 g/mol. The summed E-state index contributed by atoms with van der Waals surface area (Å²) >= 11 is 8.11. The van der Waals surface area contributed by atoms with Crippen molar-refractivity contribution in [2.75, 3.05) is 20.1 Å². The van der Waals surface area contributed by atoms with Gasteiger partial charge in [0, 0.05) is 51.9 Å². The summed E-state index contributed by atoms with van der Waals surface area (Å²) in [4.78, 5) is 49.5. The van der Waals surface area contributed by atoms with Crippen molar-refractivity contribution in [3.63, 3.8) is 0 Å². The van der Waals surface area contributed by atoms with Gasteiger partial charge in [-0.1, -0.05) is 59.8 Å². The van der Waals surface area contributed by atoms with Gasteiger partial charge in [-0.25, -0.2) is 0 Å². The van der Waals surface area contributed by atoms with Crippen LogP contribution in [-0.4, -0.2) is 65.9 Å². The zero-order valence-electron chi connectivity index (χ0n) is 28.7. The number of hydrogen-bond acceptors (Lipinski definition) is 7. The molecule has 12 heteroatoms. The smallest absolute Gasteiger partial charge is 0.245 e. The number of fused-ring (bicyclic) bond motifs is 3. The number of aromatic amines is 1. The largest absolute Gasteiger partial charge is 0.361 e. The predicted octanol–water partition coefficient (Wildman–Crippen LogP) is 5.04. The van der Waals surface area contributed by atoms with Crippen LogP contribution in [0.4, 0.5) is 0 Å². The zero-order chi connectivity index (χ0) is 35.6. The van der Waals surface area contributed by atoms with Gasteiger partial charge in [-0.2, -0.15) is 0 Å². The first kappa shape index (κ1) is 37.4. The third-order valence-electron chi connectivity index (χ3n) is 9.31. The lowest BCUT2D eigenvalue weighted by Crippen LogP contribution is -2.57. The lowest BCUT2D eigenvalue weighted by molar-refractivity contribution is -0.142. The molecule has 0 saturated heterocycles. The summed E-state index contributed by atoms with van der Waals surface area (Å²) < 4.78 is 0. The lowest BCUT2D eigenvalue weighted by Gasteiger charge is -2.32. The fourth-order valence-electron chi connectivity index (χ4n) is 6.42. The van der Waals surface area contributed by atoms with Gasteiger partial charge in [-0.05, 0) is 99.1 Å². The summed E-state index contributed by atoms with van der Waals surface area (Å²) in [6, 6.07) is 18.9. The molecule has 50 heavy (non-hydrogen) atoms. The molecule has 1 aliphatic heterocycles. The van der Waals surface area contributed by atoms with Crippen LogP contribution in [0.3, 0.4) is 0 Å². The summed E-state index contributed by atoms with van der Waals surface area (Å²) in [5, 5.41) is 11.3. The van der Waals surface area contributed by atoms with Crippen LogP contribution in [0.2, 0.25) is 5.02 Å². The number of benzene rings is 3. The minimum atomic E-state index is -0.879. The van der Waals surface area contributed by atoms with Crippen molar-refractivity contribution in [1.82, 2.24) is 25.8 Å². The predicted molar refractivity (Wildman–Crippen MR) is 201 cm³/mol. The van der Waals surface area contributed by atoms with E-state index in [1.807, 2.05) is 79.9 Å². The fraction of sp³-hybridized carbons (Fsp3) is 0.395. The molecule has 266 valence electrons.